The van der Waals surface area contributed by atoms with Crippen LogP contribution in [0.2, 0.25) is 0 Å². The molecule has 3 nitrogen and oxygen atoms in total. The number of aromatic nitrogens is 1. The van der Waals surface area contributed by atoms with Crippen molar-refractivity contribution in [3.8, 4) is 0 Å². The third-order valence-electron chi connectivity index (χ3n) is 3.57. The van der Waals surface area contributed by atoms with Gasteiger partial charge >= 0.3 is 0 Å². The van der Waals surface area contributed by atoms with Gasteiger partial charge in [0.25, 0.3) is 0 Å². The standard InChI is InChI=1S/C18H14Br2N2O/c1-11-9-12-3-2-4-15(16(23)10-19)17(12)22-18(11)21-14-7-5-13(20)6-8-14/h2-9H,10H2,1H3,(H,21,22). The van der Waals surface area contributed by atoms with Crippen molar-refractivity contribution in [2.75, 3.05) is 10.6 Å². The number of fused-ring (bicyclic) bond motifs is 1. The largest absolute Gasteiger partial charge is 0.340 e. The number of nitrogens with zero attached hydrogens (tertiary/aromatic N) is 1. The molecule has 1 heterocycles. The highest BCUT2D eigenvalue weighted by molar-refractivity contribution is 9.10. The van der Waals surface area contributed by atoms with Crippen LogP contribution in [-0.2, 0) is 0 Å². The van der Waals surface area contributed by atoms with Gasteiger partial charge in [0.05, 0.1) is 10.8 Å². The lowest BCUT2D eigenvalue weighted by atomic mass is 10.1. The zero-order valence-corrected chi connectivity index (χ0v) is 15.6. The van der Waals surface area contributed by atoms with E-state index in [1.807, 2.05) is 49.4 Å². The van der Waals surface area contributed by atoms with E-state index in [4.69, 9.17) is 4.98 Å². The summed E-state index contributed by atoms with van der Waals surface area (Å²) in [5.41, 5.74) is 3.34. The van der Waals surface area contributed by atoms with E-state index in [0.717, 1.165) is 32.4 Å². The van der Waals surface area contributed by atoms with Gasteiger partial charge in [0, 0.05) is 21.1 Å². The van der Waals surface area contributed by atoms with Gasteiger partial charge in [-0.15, -0.1) is 0 Å². The number of hydrogen-bond acceptors (Lipinski definition) is 3. The maximum atomic E-state index is 12.1. The van der Waals surface area contributed by atoms with E-state index in [1.54, 1.807) is 0 Å². The SMILES string of the molecule is Cc1cc2cccc(C(=O)CBr)c2nc1Nc1ccc(Br)cc1. The molecule has 0 aliphatic carbocycles. The summed E-state index contributed by atoms with van der Waals surface area (Å²) in [6.45, 7) is 2.01. The number of benzene rings is 2. The van der Waals surface area contributed by atoms with Gasteiger partial charge in [0.2, 0.25) is 0 Å². The van der Waals surface area contributed by atoms with Crippen LogP contribution in [0.25, 0.3) is 10.9 Å². The molecule has 5 heteroatoms. The summed E-state index contributed by atoms with van der Waals surface area (Å²) in [6, 6.07) is 15.6. The molecule has 0 aliphatic rings. The average molecular weight is 434 g/mol. The van der Waals surface area contributed by atoms with Crippen molar-refractivity contribution in [1.29, 1.82) is 0 Å². The minimum Gasteiger partial charge on any atom is -0.340 e. The lowest BCUT2D eigenvalue weighted by Crippen LogP contribution is -2.04. The molecule has 0 unspecified atom stereocenters. The van der Waals surface area contributed by atoms with Gasteiger partial charge in [-0.05, 0) is 48.9 Å². The molecule has 2 aromatic carbocycles. The topological polar surface area (TPSA) is 42.0 Å². The van der Waals surface area contributed by atoms with Gasteiger partial charge in [-0.1, -0.05) is 44.0 Å². The predicted molar refractivity (Wildman–Crippen MR) is 102 cm³/mol. The number of pyridine rings is 1. The second-order valence-electron chi connectivity index (χ2n) is 5.22. The lowest BCUT2D eigenvalue weighted by molar-refractivity contribution is 0.102. The van der Waals surface area contributed by atoms with Gasteiger partial charge in [-0.25, -0.2) is 4.98 Å². The van der Waals surface area contributed by atoms with E-state index in [2.05, 4.69) is 43.2 Å². The monoisotopic (exact) mass is 432 g/mol. The second-order valence-corrected chi connectivity index (χ2v) is 6.70. The van der Waals surface area contributed by atoms with Crippen molar-refractivity contribution in [2.45, 2.75) is 6.92 Å². The summed E-state index contributed by atoms with van der Waals surface area (Å²) >= 11 is 6.66. The Bertz CT molecular complexity index is 876. The van der Waals surface area contributed by atoms with Gasteiger partial charge < -0.3 is 5.32 Å². The molecule has 1 aromatic heterocycles. The number of alkyl halides is 1. The summed E-state index contributed by atoms with van der Waals surface area (Å²) in [7, 11) is 0. The Balaban J connectivity index is 2.08. The quantitative estimate of drug-likeness (QED) is 0.428. The Morgan fingerprint density at radius 3 is 2.61 bits per heavy atom. The molecule has 0 bridgehead atoms. The van der Waals surface area contributed by atoms with Crippen molar-refractivity contribution in [2.24, 2.45) is 0 Å². The normalized spacial score (nSPS) is 10.7. The fraction of sp³-hybridized carbons (Fsp3) is 0.111. The molecule has 23 heavy (non-hydrogen) atoms. The second kappa shape index (κ2) is 6.81. The molecule has 3 rings (SSSR count). The number of hydrogen-bond donors (Lipinski definition) is 1. The summed E-state index contributed by atoms with van der Waals surface area (Å²) < 4.78 is 1.02. The van der Waals surface area contributed by atoms with Gasteiger partial charge in [0.1, 0.15) is 5.82 Å². The molecule has 0 amide bonds. The maximum Gasteiger partial charge on any atom is 0.175 e. The van der Waals surface area contributed by atoms with E-state index in [-0.39, 0.29) is 11.1 Å². The lowest BCUT2D eigenvalue weighted by Gasteiger charge is -2.12. The van der Waals surface area contributed by atoms with E-state index in [0.29, 0.717) is 5.56 Å². The molecule has 116 valence electrons. The van der Waals surface area contributed by atoms with Crippen LogP contribution in [-0.4, -0.2) is 16.1 Å². The molecular formula is C18H14Br2N2O. The van der Waals surface area contributed by atoms with Crippen molar-refractivity contribution in [3.05, 3.63) is 64.1 Å². The van der Waals surface area contributed by atoms with Gasteiger partial charge in [-0.3, -0.25) is 4.79 Å². The summed E-state index contributed by atoms with van der Waals surface area (Å²) in [6.07, 6.45) is 0. The Hall–Kier alpha value is -1.72. The van der Waals surface area contributed by atoms with Crippen LogP contribution in [0.4, 0.5) is 11.5 Å². The third kappa shape index (κ3) is 3.46. The van der Waals surface area contributed by atoms with Crippen LogP contribution in [0, 0.1) is 6.92 Å². The first-order chi connectivity index (χ1) is 11.1. The highest BCUT2D eigenvalue weighted by Gasteiger charge is 2.12. The first-order valence-electron chi connectivity index (χ1n) is 7.10. The number of nitrogens with one attached hydrogen (secondary N) is 1. The summed E-state index contributed by atoms with van der Waals surface area (Å²) in [5, 5.41) is 4.58. The average Bonchev–Trinajstić information content (AvgIpc) is 2.56. The molecule has 3 aromatic rings. The first-order valence-corrected chi connectivity index (χ1v) is 9.02. The number of Topliss-reactive ketones (excluding diaryl/α,β-unsaturated/α-hetero) is 1. The van der Waals surface area contributed by atoms with E-state index < -0.39 is 0 Å². The highest BCUT2D eigenvalue weighted by atomic mass is 79.9. The first kappa shape index (κ1) is 16.1. The van der Waals surface area contributed by atoms with Crippen LogP contribution in [0.3, 0.4) is 0 Å². The molecule has 1 N–H and O–H groups in total. The Labute approximate surface area is 151 Å². The van der Waals surface area contributed by atoms with Crippen molar-refractivity contribution < 1.29 is 4.79 Å². The summed E-state index contributed by atoms with van der Waals surface area (Å²) in [4.78, 5) is 16.8. The van der Waals surface area contributed by atoms with Crippen LogP contribution < -0.4 is 5.32 Å². The summed E-state index contributed by atoms with van der Waals surface area (Å²) in [5.74, 6) is 0.788. The van der Waals surface area contributed by atoms with E-state index in [9.17, 15) is 4.79 Å². The number of para-hydroxylation sites is 1. The van der Waals surface area contributed by atoms with Crippen molar-refractivity contribution in [1.82, 2.24) is 4.98 Å². The fourth-order valence-electron chi connectivity index (χ4n) is 2.40. The van der Waals surface area contributed by atoms with Crippen molar-refractivity contribution in [3.63, 3.8) is 0 Å². The molecule has 0 fully saturated rings. The fourth-order valence-corrected chi connectivity index (χ4v) is 2.96. The molecule has 0 saturated heterocycles. The minimum atomic E-state index is 0.0292. The number of rotatable bonds is 4. The molecule has 0 radical (unpaired) electrons. The maximum absolute atomic E-state index is 12.1. The number of halogens is 2. The van der Waals surface area contributed by atoms with Gasteiger partial charge in [0.15, 0.2) is 5.78 Å². The van der Waals surface area contributed by atoms with E-state index in [1.165, 1.54) is 0 Å². The van der Waals surface area contributed by atoms with Crippen LogP contribution >= 0.6 is 31.9 Å². The Kier molecular flexibility index (Phi) is 4.78. The highest BCUT2D eigenvalue weighted by Crippen LogP contribution is 2.26. The molecular weight excluding hydrogens is 420 g/mol. The minimum absolute atomic E-state index is 0.0292. The molecule has 0 atom stereocenters. The van der Waals surface area contributed by atoms with Crippen molar-refractivity contribution >= 4 is 60.1 Å². The Morgan fingerprint density at radius 1 is 1.17 bits per heavy atom. The van der Waals surface area contributed by atoms with Crippen LogP contribution in [0.15, 0.2) is 53.0 Å². The molecule has 0 spiro atoms. The number of ketones is 1. The molecule has 0 aliphatic heterocycles. The van der Waals surface area contributed by atoms with Gasteiger partial charge in [-0.2, -0.15) is 0 Å². The number of carbonyl (C=O) groups is 1. The predicted octanol–water partition coefficient (Wildman–Crippen LogP) is 5.63. The van der Waals surface area contributed by atoms with Crippen LogP contribution in [0.5, 0.6) is 0 Å². The smallest absolute Gasteiger partial charge is 0.175 e. The van der Waals surface area contributed by atoms with Crippen LogP contribution in [0.1, 0.15) is 15.9 Å². The zero-order chi connectivity index (χ0) is 16.4. The number of carbonyl (C=O) groups excluding carboxylic acids is 1. The zero-order valence-electron chi connectivity index (χ0n) is 12.4. The number of aryl methyl sites for hydroxylation is 1. The van der Waals surface area contributed by atoms with E-state index >= 15 is 0 Å². The molecule has 0 saturated carbocycles. The Morgan fingerprint density at radius 2 is 1.91 bits per heavy atom. The number of anilines is 2. The third-order valence-corrected chi connectivity index (χ3v) is 4.60.